The van der Waals surface area contributed by atoms with Crippen molar-refractivity contribution in [3.05, 3.63) is 53.9 Å². The highest BCUT2D eigenvalue weighted by Crippen LogP contribution is 2.28. The summed E-state index contributed by atoms with van der Waals surface area (Å²) in [6, 6.07) is 7.90. The molecule has 0 bridgehead atoms. The minimum absolute atomic E-state index is 0.0999. The molecule has 0 N–H and O–H groups in total. The number of ether oxygens (including phenoxy) is 1. The Bertz CT molecular complexity index is 856. The molecule has 0 saturated carbocycles. The second kappa shape index (κ2) is 8.28. The van der Waals surface area contributed by atoms with Gasteiger partial charge in [0.05, 0.1) is 12.2 Å². The maximum absolute atomic E-state index is 12.4. The third kappa shape index (κ3) is 5.17. The summed E-state index contributed by atoms with van der Waals surface area (Å²) in [6.07, 6.45) is -1.46. The van der Waals surface area contributed by atoms with Gasteiger partial charge in [-0.15, -0.1) is 13.2 Å². The molecule has 29 heavy (non-hydrogen) atoms. The molecule has 1 aromatic heterocycles. The van der Waals surface area contributed by atoms with Gasteiger partial charge in [0.2, 0.25) is 0 Å². The Hall–Kier alpha value is -2.81. The van der Waals surface area contributed by atoms with Crippen molar-refractivity contribution < 1.29 is 22.7 Å². The number of nitrogens with zero attached hydrogens (tertiary/aromatic N) is 4. The van der Waals surface area contributed by atoms with E-state index in [1.807, 2.05) is 6.07 Å². The number of hydrogen-bond acceptors (Lipinski definition) is 5. The monoisotopic (exact) mass is 408 g/mol. The zero-order valence-corrected chi connectivity index (χ0v) is 16.5. The molecule has 6 nitrogen and oxygen atoms in total. The lowest BCUT2D eigenvalue weighted by molar-refractivity contribution is -0.274. The second-order valence-corrected chi connectivity index (χ2v) is 7.23. The zero-order valence-electron chi connectivity index (χ0n) is 16.5. The number of anilines is 1. The number of amides is 1. The van der Waals surface area contributed by atoms with Crippen LogP contribution >= 0.6 is 0 Å². The molecule has 1 aliphatic rings. The molecule has 3 rings (SSSR count). The fraction of sp³-hybridized carbons (Fsp3) is 0.400. The first kappa shape index (κ1) is 20.9. The van der Waals surface area contributed by atoms with Crippen molar-refractivity contribution in [3.63, 3.8) is 0 Å². The van der Waals surface area contributed by atoms with E-state index in [4.69, 9.17) is 0 Å². The van der Waals surface area contributed by atoms with Gasteiger partial charge >= 0.3 is 6.36 Å². The number of hydrogen-bond donors (Lipinski definition) is 0. The maximum Gasteiger partial charge on any atom is 0.573 e. The topological polar surface area (TPSA) is 48.9 Å². The predicted molar refractivity (Wildman–Crippen MR) is 103 cm³/mol. The number of rotatable bonds is 5. The normalized spacial score (nSPS) is 17.4. The lowest BCUT2D eigenvalue weighted by Gasteiger charge is -2.23. The van der Waals surface area contributed by atoms with Gasteiger partial charge in [-0.05, 0) is 42.8 Å². The van der Waals surface area contributed by atoms with Gasteiger partial charge in [0.25, 0.3) is 5.91 Å². The van der Waals surface area contributed by atoms with E-state index >= 15 is 0 Å². The van der Waals surface area contributed by atoms with E-state index in [2.05, 4.69) is 26.4 Å². The van der Waals surface area contributed by atoms with E-state index in [1.165, 1.54) is 17.0 Å². The fourth-order valence-corrected chi connectivity index (χ4v) is 3.32. The molecule has 1 saturated heterocycles. The Labute approximate surface area is 167 Å². The molecule has 1 atom stereocenters. The van der Waals surface area contributed by atoms with Gasteiger partial charge in [0.15, 0.2) is 0 Å². The number of carbonyl (C=O) groups excluding carboxylic acids is 1. The van der Waals surface area contributed by atoms with Gasteiger partial charge in [0.1, 0.15) is 5.75 Å². The molecular formula is C20H23F3N4O2. The molecule has 0 spiro atoms. The van der Waals surface area contributed by atoms with Crippen LogP contribution in [-0.4, -0.2) is 60.4 Å². The second-order valence-electron chi connectivity index (χ2n) is 7.23. The van der Waals surface area contributed by atoms with E-state index in [-0.39, 0.29) is 17.7 Å². The summed E-state index contributed by atoms with van der Waals surface area (Å²) in [5.74, 6) is -0.342. The van der Waals surface area contributed by atoms with Gasteiger partial charge in [-0.1, -0.05) is 0 Å². The van der Waals surface area contributed by atoms with Crippen molar-refractivity contribution in [2.75, 3.05) is 32.2 Å². The summed E-state index contributed by atoms with van der Waals surface area (Å²) in [4.78, 5) is 22.3. The first-order valence-electron chi connectivity index (χ1n) is 9.13. The summed E-state index contributed by atoms with van der Waals surface area (Å²) in [7, 11) is 3.40. The van der Waals surface area contributed by atoms with Crippen molar-refractivity contribution >= 4 is 11.6 Å². The molecule has 1 aliphatic heterocycles. The van der Waals surface area contributed by atoms with Crippen LogP contribution in [0, 0.1) is 0 Å². The molecule has 1 unspecified atom stereocenters. The van der Waals surface area contributed by atoms with Crippen molar-refractivity contribution in [1.82, 2.24) is 14.8 Å². The fourth-order valence-electron chi connectivity index (χ4n) is 3.32. The van der Waals surface area contributed by atoms with Gasteiger partial charge in [-0.3, -0.25) is 14.7 Å². The number of pyridine rings is 1. The molecular weight excluding hydrogens is 385 g/mol. The van der Waals surface area contributed by atoms with Crippen LogP contribution in [0.15, 0.2) is 42.7 Å². The van der Waals surface area contributed by atoms with E-state index < -0.39 is 6.36 Å². The van der Waals surface area contributed by atoms with Crippen molar-refractivity contribution in [3.8, 4) is 5.75 Å². The number of aromatic nitrogens is 1. The Kier molecular flexibility index (Phi) is 5.97. The van der Waals surface area contributed by atoms with Crippen molar-refractivity contribution in [2.45, 2.75) is 25.9 Å². The van der Waals surface area contributed by atoms with Crippen LogP contribution in [0.25, 0.3) is 0 Å². The summed E-state index contributed by atoms with van der Waals surface area (Å²) in [6.45, 7) is 3.97. The van der Waals surface area contributed by atoms with Crippen LogP contribution in [0.5, 0.6) is 5.75 Å². The minimum atomic E-state index is -4.70. The summed E-state index contributed by atoms with van der Waals surface area (Å²) in [5.41, 5.74) is 2.27. The Morgan fingerprint density at radius 1 is 1.24 bits per heavy atom. The van der Waals surface area contributed by atoms with Crippen LogP contribution in [0.3, 0.4) is 0 Å². The van der Waals surface area contributed by atoms with E-state index in [9.17, 15) is 18.0 Å². The van der Waals surface area contributed by atoms with Crippen molar-refractivity contribution in [2.24, 2.45) is 0 Å². The largest absolute Gasteiger partial charge is 0.573 e. The highest BCUT2D eigenvalue weighted by Gasteiger charge is 2.32. The summed E-state index contributed by atoms with van der Waals surface area (Å²) in [5, 5.41) is 0. The molecule has 1 aromatic carbocycles. The molecule has 2 aromatic rings. The highest BCUT2D eigenvalue weighted by atomic mass is 19.4. The van der Waals surface area contributed by atoms with Crippen LogP contribution in [0.2, 0.25) is 0 Å². The zero-order chi connectivity index (χ0) is 21.2. The molecule has 9 heteroatoms. The third-order valence-electron chi connectivity index (χ3n) is 4.82. The van der Waals surface area contributed by atoms with Gasteiger partial charge in [0, 0.05) is 51.3 Å². The number of halogens is 3. The average molecular weight is 408 g/mol. The number of benzene rings is 1. The molecule has 0 aliphatic carbocycles. The first-order valence-corrected chi connectivity index (χ1v) is 9.13. The molecule has 2 heterocycles. The summed E-state index contributed by atoms with van der Waals surface area (Å²) < 4.78 is 40.9. The maximum atomic E-state index is 12.4. The van der Waals surface area contributed by atoms with Gasteiger partial charge in [-0.25, -0.2) is 0 Å². The smallest absolute Gasteiger partial charge is 0.406 e. The molecule has 1 fully saturated rings. The SMILES string of the molecule is CC1CN(c2ccc(OC(F)(F)F)cc2)CN1Cc1ccncc1C(=O)N(C)C. The molecule has 1 amide bonds. The van der Waals surface area contributed by atoms with Crippen LogP contribution in [0.1, 0.15) is 22.8 Å². The highest BCUT2D eigenvalue weighted by molar-refractivity contribution is 5.95. The van der Waals surface area contributed by atoms with Crippen LogP contribution in [-0.2, 0) is 6.54 Å². The van der Waals surface area contributed by atoms with E-state index in [0.717, 1.165) is 17.8 Å². The third-order valence-corrected chi connectivity index (χ3v) is 4.82. The lowest BCUT2D eigenvalue weighted by atomic mass is 10.1. The number of carbonyl (C=O) groups is 1. The Balaban J connectivity index is 1.70. The van der Waals surface area contributed by atoms with Crippen molar-refractivity contribution in [1.29, 1.82) is 0 Å². The Morgan fingerprint density at radius 2 is 1.93 bits per heavy atom. The average Bonchev–Trinajstić information content (AvgIpc) is 3.01. The Morgan fingerprint density at radius 3 is 2.55 bits per heavy atom. The quantitative estimate of drug-likeness (QED) is 0.760. The van der Waals surface area contributed by atoms with Gasteiger partial charge < -0.3 is 14.5 Å². The van der Waals surface area contributed by atoms with Gasteiger partial charge in [-0.2, -0.15) is 0 Å². The minimum Gasteiger partial charge on any atom is -0.406 e. The lowest BCUT2D eigenvalue weighted by Crippen LogP contribution is -2.30. The molecule has 156 valence electrons. The standard InChI is InChI=1S/C20H23F3N4O2/c1-14-11-27(16-4-6-17(7-5-16)29-20(21,22)23)13-26(14)12-15-8-9-24-10-18(15)19(28)25(2)3/h4-10,14H,11-13H2,1-3H3. The van der Waals surface area contributed by atoms with Crippen LogP contribution in [0.4, 0.5) is 18.9 Å². The first-order chi connectivity index (χ1) is 13.6. The summed E-state index contributed by atoms with van der Waals surface area (Å²) >= 11 is 0. The number of alkyl halides is 3. The van der Waals surface area contributed by atoms with E-state index in [0.29, 0.717) is 18.8 Å². The van der Waals surface area contributed by atoms with E-state index in [1.54, 1.807) is 38.6 Å². The van der Waals surface area contributed by atoms with Crippen LogP contribution < -0.4 is 9.64 Å². The molecule has 0 radical (unpaired) electrons. The predicted octanol–water partition coefficient (Wildman–Crippen LogP) is 3.35.